The number of carbonyl (C=O) groups is 1. The van der Waals surface area contributed by atoms with E-state index >= 15 is 0 Å². The van der Waals surface area contributed by atoms with Crippen molar-refractivity contribution in [2.75, 3.05) is 45.9 Å². The number of hydrogen-bond acceptors (Lipinski definition) is 5. The highest BCUT2D eigenvalue weighted by Crippen LogP contribution is 2.29. The first kappa shape index (κ1) is 27.4. The number of amides is 1. The van der Waals surface area contributed by atoms with Crippen molar-refractivity contribution in [3.63, 3.8) is 0 Å². The van der Waals surface area contributed by atoms with E-state index in [1.165, 1.54) is 11.1 Å². The molecule has 0 aliphatic carbocycles. The van der Waals surface area contributed by atoms with Gasteiger partial charge in [-0.1, -0.05) is 73.5 Å². The first-order chi connectivity index (χ1) is 19.0. The van der Waals surface area contributed by atoms with Gasteiger partial charge in [-0.2, -0.15) is 4.31 Å². The Balaban J connectivity index is 1.15. The molecule has 0 N–H and O–H groups in total. The third-order valence-electron chi connectivity index (χ3n) is 7.65. The SMILES string of the molecule is O=C(COc1ccc(S(=O)(=O)N2CCCCCC2)cc1)N1CCN(C(c2ccccc2)c2ccccc2)CC1. The van der Waals surface area contributed by atoms with Gasteiger partial charge < -0.3 is 9.64 Å². The zero-order chi connectivity index (χ0) is 27.1. The van der Waals surface area contributed by atoms with Crippen LogP contribution in [-0.2, 0) is 14.8 Å². The van der Waals surface area contributed by atoms with Crippen LogP contribution < -0.4 is 4.74 Å². The monoisotopic (exact) mass is 547 g/mol. The first-order valence-corrected chi connectivity index (χ1v) is 15.3. The quantitative estimate of drug-likeness (QED) is 0.414. The highest BCUT2D eigenvalue weighted by molar-refractivity contribution is 7.89. The number of rotatable bonds is 8. The number of carbonyl (C=O) groups excluding carboxylic acids is 1. The van der Waals surface area contributed by atoms with E-state index in [4.69, 9.17) is 4.74 Å². The molecule has 0 aromatic heterocycles. The van der Waals surface area contributed by atoms with Gasteiger partial charge in [0.1, 0.15) is 5.75 Å². The molecule has 2 saturated heterocycles. The average Bonchev–Trinajstić information content (AvgIpc) is 3.28. The maximum atomic E-state index is 13.0. The fraction of sp³-hybridized carbons (Fsp3) is 0.387. The Bertz CT molecular complexity index is 1260. The van der Waals surface area contributed by atoms with Crippen molar-refractivity contribution in [1.29, 1.82) is 0 Å². The van der Waals surface area contributed by atoms with Crippen molar-refractivity contribution in [1.82, 2.24) is 14.1 Å². The van der Waals surface area contributed by atoms with Crippen LogP contribution in [-0.4, -0.2) is 74.3 Å². The smallest absolute Gasteiger partial charge is 0.260 e. The lowest BCUT2D eigenvalue weighted by Crippen LogP contribution is -2.51. The summed E-state index contributed by atoms with van der Waals surface area (Å²) in [5.41, 5.74) is 2.49. The Morgan fingerprint density at radius 3 is 1.77 bits per heavy atom. The van der Waals surface area contributed by atoms with Gasteiger partial charge in [0, 0.05) is 39.3 Å². The summed E-state index contributed by atoms with van der Waals surface area (Å²) in [4.78, 5) is 17.5. The van der Waals surface area contributed by atoms with Crippen LogP contribution in [0.3, 0.4) is 0 Å². The van der Waals surface area contributed by atoms with Gasteiger partial charge in [-0.3, -0.25) is 9.69 Å². The lowest BCUT2D eigenvalue weighted by Gasteiger charge is -2.39. The van der Waals surface area contributed by atoms with Crippen molar-refractivity contribution < 1.29 is 17.9 Å². The molecule has 5 rings (SSSR count). The van der Waals surface area contributed by atoms with Crippen molar-refractivity contribution in [2.24, 2.45) is 0 Å². The van der Waals surface area contributed by atoms with Gasteiger partial charge in [0.25, 0.3) is 5.91 Å². The van der Waals surface area contributed by atoms with Crippen LogP contribution in [0.15, 0.2) is 89.8 Å². The molecule has 2 fully saturated rings. The van der Waals surface area contributed by atoms with E-state index in [1.54, 1.807) is 28.6 Å². The molecule has 0 atom stereocenters. The number of sulfonamides is 1. The summed E-state index contributed by atoms with van der Waals surface area (Å²) in [5, 5.41) is 0. The largest absolute Gasteiger partial charge is 0.484 e. The van der Waals surface area contributed by atoms with Gasteiger partial charge in [-0.25, -0.2) is 8.42 Å². The summed E-state index contributed by atoms with van der Waals surface area (Å²) >= 11 is 0. The fourth-order valence-corrected chi connectivity index (χ4v) is 7.01. The molecule has 0 saturated carbocycles. The standard InChI is InChI=1S/C31H37N3O4S/c35-30(25-38-28-15-17-29(18-16-28)39(36,37)34-19-9-1-2-10-20-34)32-21-23-33(24-22-32)31(26-11-5-3-6-12-26)27-13-7-4-8-14-27/h3-8,11-18,31H,1-2,9-10,19-25H2. The number of piperazine rings is 1. The van der Waals surface area contributed by atoms with Gasteiger partial charge in [-0.15, -0.1) is 0 Å². The molecule has 0 unspecified atom stereocenters. The van der Waals surface area contributed by atoms with Crippen molar-refractivity contribution >= 4 is 15.9 Å². The average molecular weight is 548 g/mol. The maximum Gasteiger partial charge on any atom is 0.260 e. The highest BCUT2D eigenvalue weighted by Gasteiger charge is 2.28. The third kappa shape index (κ3) is 6.69. The van der Waals surface area contributed by atoms with Crippen LogP contribution in [0.4, 0.5) is 0 Å². The molecule has 7 nitrogen and oxygen atoms in total. The Kier molecular flexibility index (Phi) is 8.96. The molecule has 0 spiro atoms. The van der Waals surface area contributed by atoms with E-state index in [0.717, 1.165) is 38.8 Å². The summed E-state index contributed by atoms with van der Waals surface area (Å²) in [6.07, 6.45) is 3.94. The van der Waals surface area contributed by atoms with Crippen molar-refractivity contribution in [3.05, 3.63) is 96.1 Å². The summed E-state index contributed by atoms with van der Waals surface area (Å²) in [6.45, 7) is 3.86. The summed E-state index contributed by atoms with van der Waals surface area (Å²) in [5.74, 6) is 0.428. The maximum absolute atomic E-state index is 13.0. The Labute approximate surface area is 232 Å². The van der Waals surface area contributed by atoms with Gasteiger partial charge in [0.15, 0.2) is 6.61 Å². The molecule has 1 amide bonds. The van der Waals surface area contributed by atoms with Crippen LogP contribution in [0.5, 0.6) is 5.75 Å². The van der Waals surface area contributed by atoms with E-state index in [0.29, 0.717) is 31.9 Å². The molecule has 2 aliphatic rings. The molecule has 3 aromatic carbocycles. The molecule has 2 heterocycles. The summed E-state index contributed by atoms with van der Waals surface area (Å²) in [7, 11) is -3.51. The van der Waals surface area contributed by atoms with Crippen LogP contribution >= 0.6 is 0 Å². The molecule has 8 heteroatoms. The van der Waals surface area contributed by atoms with Gasteiger partial charge in [0.2, 0.25) is 10.0 Å². The van der Waals surface area contributed by atoms with Gasteiger partial charge in [-0.05, 0) is 48.2 Å². The fourth-order valence-electron chi connectivity index (χ4n) is 5.49. The van der Waals surface area contributed by atoms with Crippen LogP contribution in [0.1, 0.15) is 42.9 Å². The second kappa shape index (κ2) is 12.8. The third-order valence-corrected chi connectivity index (χ3v) is 9.56. The van der Waals surface area contributed by atoms with E-state index in [9.17, 15) is 13.2 Å². The van der Waals surface area contributed by atoms with E-state index in [2.05, 4.69) is 53.4 Å². The molecule has 0 radical (unpaired) electrons. The molecule has 2 aliphatic heterocycles. The van der Waals surface area contributed by atoms with Crippen molar-refractivity contribution in [2.45, 2.75) is 36.6 Å². The Morgan fingerprint density at radius 1 is 0.692 bits per heavy atom. The number of nitrogens with zero attached hydrogens (tertiary/aromatic N) is 3. The van der Waals surface area contributed by atoms with E-state index in [1.807, 2.05) is 17.0 Å². The lowest BCUT2D eigenvalue weighted by atomic mass is 9.96. The molecule has 0 bridgehead atoms. The molecule has 206 valence electrons. The van der Waals surface area contributed by atoms with Gasteiger partial charge in [0.05, 0.1) is 10.9 Å². The molecular formula is C31H37N3O4S. The van der Waals surface area contributed by atoms with Crippen LogP contribution in [0.2, 0.25) is 0 Å². The minimum absolute atomic E-state index is 0.0631. The summed E-state index contributed by atoms with van der Waals surface area (Å²) in [6, 6.07) is 27.6. The normalized spacial score (nSPS) is 17.6. The zero-order valence-corrected chi connectivity index (χ0v) is 23.1. The number of benzene rings is 3. The predicted octanol–water partition coefficient (Wildman–Crippen LogP) is 4.56. The molecular weight excluding hydrogens is 510 g/mol. The predicted molar refractivity (Wildman–Crippen MR) is 152 cm³/mol. The van der Waals surface area contributed by atoms with E-state index < -0.39 is 10.0 Å². The van der Waals surface area contributed by atoms with Gasteiger partial charge >= 0.3 is 0 Å². The number of hydrogen-bond donors (Lipinski definition) is 0. The molecule has 3 aromatic rings. The van der Waals surface area contributed by atoms with Crippen LogP contribution in [0, 0.1) is 0 Å². The Morgan fingerprint density at radius 2 is 1.23 bits per heavy atom. The minimum atomic E-state index is -3.51. The van der Waals surface area contributed by atoms with E-state index in [-0.39, 0.29) is 23.5 Å². The second-order valence-electron chi connectivity index (χ2n) is 10.2. The second-order valence-corrected chi connectivity index (χ2v) is 12.2. The zero-order valence-electron chi connectivity index (χ0n) is 22.3. The first-order valence-electron chi connectivity index (χ1n) is 13.9. The topological polar surface area (TPSA) is 70.2 Å². The molecule has 39 heavy (non-hydrogen) atoms. The minimum Gasteiger partial charge on any atom is -0.484 e. The summed E-state index contributed by atoms with van der Waals surface area (Å²) < 4.78 is 33.3. The number of ether oxygens (including phenoxy) is 1. The highest BCUT2D eigenvalue weighted by atomic mass is 32.2. The van der Waals surface area contributed by atoms with Crippen LogP contribution in [0.25, 0.3) is 0 Å². The van der Waals surface area contributed by atoms with Crippen molar-refractivity contribution in [3.8, 4) is 5.75 Å². The lowest BCUT2D eigenvalue weighted by molar-refractivity contribution is -0.135. The Hall–Kier alpha value is -3.20.